The van der Waals surface area contributed by atoms with Gasteiger partial charge in [-0.2, -0.15) is 0 Å². The summed E-state index contributed by atoms with van der Waals surface area (Å²) in [5.41, 5.74) is -0.120. The van der Waals surface area contributed by atoms with Crippen LogP contribution in [0.25, 0.3) is 0 Å². The van der Waals surface area contributed by atoms with E-state index in [1.165, 1.54) is 6.07 Å². The molecule has 0 unspecified atom stereocenters. The normalized spacial score (nSPS) is 14.6. The van der Waals surface area contributed by atoms with Crippen LogP contribution in [0.1, 0.15) is 5.56 Å². The molecule has 3 nitrogen and oxygen atoms in total. The molecule has 0 atom stereocenters. The van der Waals surface area contributed by atoms with Gasteiger partial charge in [-0.1, -0.05) is 11.6 Å². The number of nitrogens with one attached hydrogen (secondary N) is 1. The van der Waals surface area contributed by atoms with Crippen molar-refractivity contribution in [3.05, 3.63) is 34.4 Å². The molecule has 0 spiro atoms. The van der Waals surface area contributed by atoms with E-state index < -0.39 is 11.6 Å². The second-order valence-corrected chi connectivity index (χ2v) is 3.62. The SMILES string of the molecule is Fc1ccc(Cl)c(F)c1CNC1=NCCO1. The summed E-state index contributed by atoms with van der Waals surface area (Å²) in [4.78, 5) is 3.94. The van der Waals surface area contributed by atoms with Gasteiger partial charge in [-0.15, -0.1) is 0 Å². The Hall–Kier alpha value is -1.36. The second kappa shape index (κ2) is 4.65. The topological polar surface area (TPSA) is 33.6 Å². The van der Waals surface area contributed by atoms with Crippen LogP contribution in [0.15, 0.2) is 17.1 Å². The average molecular weight is 247 g/mol. The molecule has 0 radical (unpaired) electrons. The highest BCUT2D eigenvalue weighted by atomic mass is 35.5. The second-order valence-electron chi connectivity index (χ2n) is 3.21. The van der Waals surface area contributed by atoms with Gasteiger partial charge in [0.1, 0.15) is 18.2 Å². The predicted octanol–water partition coefficient (Wildman–Crippen LogP) is 2.09. The van der Waals surface area contributed by atoms with Gasteiger partial charge in [-0.25, -0.2) is 13.8 Å². The van der Waals surface area contributed by atoms with Gasteiger partial charge in [-0.05, 0) is 12.1 Å². The van der Waals surface area contributed by atoms with Crippen molar-refractivity contribution >= 4 is 17.6 Å². The van der Waals surface area contributed by atoms with Crippen molar-refractivity contribution in [2.24, 2.45) is 4.99 Å². The van der Waals surface area contributed by atoms with E-state index in [0.29, 0.717) is 19.2 Å². The minimum Gasteiger partial charge on any atom is -0.463 e. The predicted molar refractivity (Wildman–Crippen MR) is 56.5 cm³/mol. The van der Waals surface area contributed by atoms with Crippen molar-refractivity contribution in [1.29, 1.82) is 0 Å². The molecule has 0 bridgehead atoms. The molecule has 86 valence electrons. The van der Waals surface area contributed by atoms with Crippen LogP contribution < -0.4 is 5.32 Å². The van der Waals surface area contributed by atoms with Crippen LogP contribution in [0.3, 0.4) is 0 Å². The maximum atomic E-state index is 13.4. The molecule has 0 saturated heterocycles. The lowest BCUT2D eigenvalue weighted by molar-refractivity contribution is 0.330. The molecule has 6 heteroatoms. The van der Waals surface area contributed by atoms with Gasteiger partial charge in [-0.3, -0.25) is 0 Å². The number of hydrogen-bond acceptors (Lipinski definition) is 3. The first-order valence-electron chi connectivity index (χ1n) is 4.72. The standard InChI is InChI=1S/C10H9ClF2N2O/c11-7-1-2-8(12)6(9(7)13)5-15-10-14-3-4-16-10/h1-2H,3-5H2,(H,14,15). The first-order chi connectivity index (χ1) is 7.68. The van der Waals surface area contributed by atoms with Crippen LogP contribution in [-0.4, -0.2) is 19.2 Å². The third kappa shape index (κ3) is 2.24. The Bertz CT molecular complexity index is 437. The van der Waals surface area contributed by atoms with Gasteiger partial charge >= 0.3 is 0 Å². The smallest absolute Gasteiger partial charge is 0.285 e. The molecular weight excluding hydrogens is 238 g/mol. The molecule has 0 amide bonds. The molecule has 1 aromatic carbocycles. The molecule has 1 aliphatic heterocycles. The van der Waals surface area contributed by atoms with Gasteiger partial charge in [0.05, 0.1) is 18.1 Å². The first kappa shape index (κ1) is 11.1. The van der Waals surface area contributed by atoms with Crippen LogP contribution in [0, 0.1) is 11.6 Å². The van der Waals surface area contributed by atoms with Crippen LogP contribution in [0.5, 0.6) is 0 Å². The lowest BCUT2D eigenvalue weighted by Gasteiger charge is -2.08. The van der Waals surface area contributed by atoms with Crippen molar-refractivity contribution in [3.63, 3.8) is 0 Å². The number of nitrogens with zero attached hydrogens (tertiary/aromatic N) is 1. The van der Waals surface area contributed by atoms with Crippen LogP contribution in [0.4, 0.5) is 8.78 Å². The number of aliphatic imine (C=N–C) groups is 1. The molecule has 1 aliphatic rings. The number of halogens is 3. The van der Waals surface area contributed by atoms with Crippen molar-refractivity contribution in [3.8, 4) is 0 Å². The fourth-order valence-corrected chi connectivity index (χ4v) is 1.51. The van der Waals surface area contributed by atoms with Gasteiger partial charge in [0.15, 0.2) is 0 Å². The largest absolute Gasteiger partial charge is 0.463 e. The number of rotatable bonds is 2. The maximum absolute atomic E-state index is 13.4. The summed E-state index contributed by atoms with van der Waals surface area (Å²) in [6, 6.07) is 2.61. The van der Waals surface area contributed by atoms with E-state index in [1.54, 1.807) is 0 Å². The molecule has 0 aliphatic carbocycles. The molecule has 16 heavy (non-hydrogen) atoms. The highest BCUT2D eigenvalue weighted by Gasteiger charge is 2.14. The zero-order chi connectivity index (χ0) is 11.5. The van der Waals surface area contributed by atoms with Crippen LogP contribution in [-0.2, 0) is 11.3 Å². The molecule has 1 N–H and O–H groups in total. The van der Waals surface area contributed by atoms with Gasteiger partial charge < -0.3 is 10.1 Å². The van der Waals surface area contributed by atoms with E-state index >= 15 is 0 Å². The lowest BCUT2D eigenvalue weighted by atomic mass is 10.2. The van der Waals surface area contributed by atoms with E-state index in [9.17, 15) is 8.78 Å². The minimum absolute atomic E-state index is 0.0446. The third-order valence-corrected chi connectivity index (χ3v) is 2.43. The zero-order valence-electron chi connectivity index (χ0n) is 8.27. The Kier molecular flexibility index (Phi) is 3.24. The van der Waals surface area contributed by atoms with Crippen LogP contribution in [0.2, 0.25) is 5.02 Å². The summed E-state index contributed by atoms with van der Waals surface area (Å²) in [5.74, 6) is -1.40. The number of amidine groups is 1. The highest BCUT2D eigenvalue weighted by Crippen LogP contribution is 2.20. The van der Waals surface area contributed by atoms with Crippen molar-refractivity contribution < 1.29 is 13.5 Å². The third-order valence-electron chi connectivity index (χ3n) is 2.14. The molecule has 0 fully saturated rings. The molecule has 0 saturated carbocycles. The van der Waals surface area contributed by atoms with E-state index in [1.807, 2.05) is 0 Å². The molecule has 0 aromatic heterocycles. The quantitative estimate of drug-likeness (QED) is 0.811. The van der Waals surface area contributed by atoms with Crippen LogP contribution >= 0.6 is 11.6 Å². The molecular formula is C10H9ClF2N2O. The summed E-state index contributed by atoms with van der Waals surface area (Å²) in [7, 11) is 0. The van der Waals surface area contributed by atoms with E-state index in [2.05, 4.69) is 10.3 Å². The average Bonchev–Trinajstić information content (AvgIpc) is 2.77. The first-order valence-corrected chi connectivity index (χ1v) is 5.10. The zero-order valence-corrected chi connectivity index (χ0v) is 9.02. The number of ether oxygens (including phenoxy) is 1. The fraction of sp³-hybridized carbons (Fsp3) is 0.300. The van der Waals surface area contributed by atoms with Gasteiger partial charge in [0, 0.05) is 5.56 Å². The summed E-state index contributed by atoms with van der Waals surface area (Å²) in [5, 5.41) is 2.59. The Morgan fingerprint density at radius 1 is 1.44 bits per heavy atom. The fourth-order valence-electron chi connectivity index (χ4n) is 1.34. The maximum Gasteiger partial charge on any atom is 0.285 e. The Labute approximate surface area is 96.1 Å². The summed E-state index contributed by atoms with van der Waals surface area (Å²) in [6.45, 7) is 1.00. The van der Waals surface area contributed by atoms with Crippen molar-refractivity contribution in [2.75, 3.05) is 13.2 Å². The molecule has 1 heterocycles. The number of benzene rings is 1. The van der Waals surface area contributed by atoms with Crippen molar-refractivity contribution in [1.82, 2.24) is 5.32 Å². The Balaban J connectivity index is 2.11. The molecule has 1 aromatic rings. The van der Waals surface area contributed by atoms with Gasteiger partial charge in [0.25, 0.3) is 6.02 Å². The summed E-state index contributed by atoms with van der Waals surface area (Å²) >= 11 is 5.55. The highest BCUT2D eigenvalue weighted by molar-refractivity contribution is 6.30. The molecule has 2 rings (SSSR count). The van der Waals surface area contributed by atoms with E-state index in [4.69, 9.17) is 16.3 Å². The van der Waals surface area contributed by atoms with Crippen molar-refractivity contribution in [2.45, 2.75) is 6.54 Å². The Morgan fingerprint density at radius 2 is 2.25 bits per heavy atom. The lowest BCUT2D eigenvalue weighted by Crippen LogP contribution is -2.24. The number of hydrogen-bond donors (Lipinski definition) is 1. The Morgan fingerprint density at radius 3 is 2.94 bits per heavy atom. The van der Waals surface area contributed by atoms with Gasteiger partial charge in [0.2, 0.25) is 0 Å². The summed E-state index contributed by atoms with van der Waals surface area (Å²) in [6.07, 6.45) is 0. The summed E-state index contributed by atoms with van der Waals surface area (Å²) < 4.78 is 31.8. The minimum atomic E-state index is -0.757. The van der Waals surface area contributed by atoms with E-state index in [0.717, 1.165) is 6.07 Å². The monoisotopic (exact) mass is 246 g/mol. The van der Waals surface area contributed by atoms with E-state index in [-0.39, 0.29) is 17.1 Å².